The standard InChI is InChI=1S/C62H82N2O18/c1-36-21-15-13-11-9-7-5-6-8-10-12-14-16-22-43(80-59-58(73)55(57(72)39(4)79-59)64-60(74)77-35-48-46-25-19-17-23-44(46)45-24-18-20-26-47(45)48)32-51-54-52(81-61(75)63-54)34-62(76,82-51)33-42(67)30-50(69)49(68)28-27-40(65)29-41(66)31-53(70)78-38(3)37(2)56(36)71/h5-26,36-43,48-52,54-59,65-69,71-73,76H,27-35H2,1-4H3,(H,63,75)(H,64,74)/b6-5+,9-7+,10-8+,13-11+,14-12+,21-15+,22-16+/t36-,37-,38?,39+,40+,41+,42-,43-,49+,50+,51?,52?,54-,55-,56+,57+,58-,59-,62+/m0/s1. The van der Waals surface area contributed by atoms with Crippen LogP contribution in [0.5, 0.6) is 0 Å². The first-order chi connectivity index (χ1) is 39.2. The molecule has 3 fully saturated rings. The van der Waals surface area contributed by atoms with Crippen LogP contribution in [0.3, 0.4) is 0 Å². The van der Waals surface area contributed by atoms with E-state index in [1.54, 1.807) is 63.3 Å². The third-order valence-electron chi connectivity index (χ3n) is 15.8. The lowest BCUT2D eigenvalue weighted by Gasteiger charge is -2.45. The third-order valence-corrected chi connectivity index (χ3v) is 15.8. The molecule has 1 aliphatic carbocycles. The molecule has 2 aromatic rings. The zero-order valence-electron chi connectivity index (χ0n) is 46.7. The molecule has 20 nitrogen and oxygen atoms in total. The first kappa shape index (κ1) is 63.7. The van der Waals surface area contributed by atoms with Crippen LogP contribution in [0, 0.1) is 11.8 Å². The van der Waals surface area contributed by atoms with E-state index in [-0.39, 0.29) is 50.5 Å². The number of hydrogen-bond acceptors (Lipinski definition) is 18. The highest BCUT2D eigenvalue weighted by Gasteiger charge is 2.53. The molecule has 5 aliphatic rings. The lowest BCUT2D eigenvalue weighted by Crippen LogP contribution is -2.64. The Morgan fingerprint density at radius 2 is 1.24 bits per heavy atom. The van der Waals surface area contributed by atoms with Crippen molar-refractivity contribution in [2.24, 2.45) is 11.8 Å². The van der Waals surface area contributed by atoms with Crippen molar-refractivity contribution in [2.45, 2.75) is 188 Å². The van der Waals surface area contributed by atoms with Crippen LogP contribution in [0.4, 0.5) is 9.59 Å². The van der Waals surface area contributed by atoms with Crippen molar-refractivity contribution in [1.29, 1.82) is 0 Å². The number of carbonyl (C=O) groups is 3. The minimum atomic E-state index is -2.16. The van der Waals surface area contributed by atoms with Gasteiger partial charge in [-0.25, -0.2) is 9.59 Å². The molecule has 4 aliphatic heterocycles. The lowest BCUT2D eigenvalue weighted by molar-refractivity contribution is -0.299. The van der Waals surface area contributed by atoms with E-state index in [0.29, 0.717) is 0 Å². The number of fused-ring (bicyclic) bond motifs is 7. The molecular weight excluding hydrogens is 1060 g/mol. The van der Waals surface area contributed by atoms with E-state index < -0.39 is 147 Å². The fourth-order valence-electron chi connectivity index (χ4n) is 11.1. The summed E-state index contributed by atoms with van der Waals surface area (Å²) in [6, 6.07) is 13.6. The van der Waals surface area contributed by atoms with Gasteiger partial charge in [-0.05, 0) is 55.4 Å². The van der Waals surface area contributed by atoms with Crippen LogP contribution in [0.15, 0.2) is 134 Å². The average molecular weight is 1140 g/mol. The number of amides is 2. The van der Waals surface area contributed by atoms with Crippen LogP contribution >= 0.6 is 0 Å². The number of cyclic esters (lactones) is 1. The fourth-order valence-corrected chi connectivity index (χ4v) is 11.1. The van der Waals surface area contributed by atoms with Gasteiger partial charge in [-0.15, -0.1) is 0 Å². The Kier molecular flexibility index (Phi) is 23.4. The quantitative estimate of drug-likeness (QED) is 0.143. The second-order valence-electron chi connectivity index (χ2n) is 22.2. The molecule has 7 rings (SSSR count). The van der Waals surface area contributed by atoms with Crippen LogP contribution in [-0.4, -0.2) is 174 Å². The maximum Gasteiger partial charge on any atom is 0.407 e. The van der Waals surface area contributed by atoms with Crippen LogP contribution in [0.2, 0.25) is 0 Å². The Morgan fingerprint density at radius 1 is 0.646 bits per heavy atom. The number of alkyl carbamates (subject to hydrolysis) is 2. The van der Waals surface area contributed by atoms with Crippen molar-refractivity contribution in [3.8, 4) is 11.1 Å². The van der Waals surface area contributed by atoms with E-state index in [4.69, 9.17) is 28.4 Å². The monoisotopic (exact) mass is 1140 g/mol. The van der Waals surface area contributed by atoms with Gasteiger partial charge in [0.05, 0.1) is 73.4 Å². The van der Waals surface area contributed by atoms with Crippen molar-refractivity contribution in [3.63, 3.8) is 0 Å². The van der Waals surface area contributed by atoms with Gasteiger partial charge in [-0.1, -0.05) is 147 Å². The van der Waals surface area contributed by atoms with Gasteiger partial charge in [-0.3, -0.25) is 4.79 Å². The van der Waals surface area contributed by atoms with Gasteiger partial charge in [0.15, 0.2) is 12.1 Å². The van der Waals surface area contributed by atoms with E-state index in [1.807, 2.05) is 98.0 Å². The highest BCUT2D eigenvalue weighted by Crippen LogP contribution is 2.45. The number of ether oxygens (including phenoxy) is 6. The molecule has 0 spiro atoms. The average Bonchev–Trinajstić information content (AvgIpc) is 3.80. The molecule has 2 bridgehead atoms. The summed E-state index contributed by atoms with van der Waals surface area (Å²) in [5.74, 6) is -3.88. The highest BCUT2D eigenvalue weighted by atomic mass is 16.7. The third kappa shape index (κ3) is 17.6. The number of allylic oxidation sites excluding steroid dienone is 12. The van der Waals surface area contributed by atoms with Crippen molar-refractivity contribution >= 4 is 18.2 Å². The molecule has 19 atom stereocenters. The molecule has 3 unspecified atom stereocenters. The van der Waals surface area contributed by atoms with Crippen molar-refractivity contribution in [2.75, 3.05) is 6.61 Å². The summed E-state index contributed by atoms with van der Waals surface area (Å²) in [5, 5.41) is 106. The number of aliphatic hydroxyl groups is 9. The zero-order chi connectivity index (χ0) is 59.1. The fraction of sp³-hybridized carbons (Fsp3) is 0.532. The predicted octanol–water partition coefficient (Wildman–Crippen LogP) is 4.71. The van der Waals surface area contributed by atoms with Crippen LogP contribution < -0.4 is 10.6 Å². The van der Waals surface area contributed by atoms with Crippen molar-refractivity contribution < 1.29 is 88.8 Å². The number of esters is 1. The molecule has 11 N–H and O–H groups in total. The van der Waals surface area contributed by atoms with E-state index in [1.165, 1.54) is 0 Å². The van der Waals surface area contributed by atoms with Gasteiger partial charge in [0, 0.05) is 43.4 Å². The Morgan fingerprint density at radius 3 is 1.88 bits per heavy atom. The number of nitrogens with one attached hydrogen (secondary N) is 2. The van der Waals surface area contributed by atoms with Gasteiger partial charge >= 0.3 is 18.2 Å². The van der Waals surface area contributed by atoms with Gasteiger partial charge < -0.3 is 85.0 Å². The van der Waals surface area contributed by atoms with E-state index in [9.17, 15) is 60.3 Å². The molecular formula is C62H82N2O18. The summed E-state index contributed by atoms with van der Waals surface area (Å²) in [6.45, 7) is 6.77. The maximum absolute atomic E-state index is 13.5. The molecule has 3 saturated heterocycles. The molecule has 2 amide bonds. The van der Waals surface area contributed by atoms with Crippen LogP contribution in [0.1, 0.15) is 96.1 Å². The Bertz CT molecular complexity index is 2590. The highest BCUT2D eigenvalue weighted by molar-refractivity contribution is 5.79. The summed E-state index contributed by atoms with van der Waals surface area (Å²) in [7, 11) is 0. The maximum atomic E-state index is 13.5. The number of hydrogen-bond donors (Lipinski definition) is 11. The lowest BCUT2D eigenvalue weighted by atomic mass is 9.87. The Balaban J connectivity index is 1.07. The Hall–Kier alpha value is -5.85. The normalized spacial score (nSPS) is 39.5. The van der Waals surface area contributed by atoms with Crippen molar-refractivity contribution in [3.05, 3.63) is 145 Å². The first-order valence-corrected chi connectivity index (χ1v) is 28.3. The summed E-state index contributed by atoms with van der Waals surface area (Å²) < 4.78 is 35.6. The van der Waals surface area contributed by atoms with E-state index in [2.05, 4.69) is 10.6 Å². The molecule has 82 heavy (non-hydrogen) atoms. The van der Waals surface area contributed by atoms with E-state index >= 15 is 0 Å². The van der Waals surface area contributed by atoms with Crippen LogP contribution in [-0.2, 0) is 33.2 Å². The Labute approximate surface area is 478 Å². The topological polar surface area (TPSA) is 313 Å². The van der Waals surface area contributed by atoms with E-state index in [0.717, 1.165) is 22.3 Å². The molecule has 448 valence electrons. The van der Waals surface area contributed by atoms with Gasteiger partial charge in [0.2, 0.25) is 0 Å². The second kappa shape index (κ2) is 30.1. The number of rotatable bonds is 5. The van der Waals surface area contributed by atoms with Gasteiger partial charge in [-0.2, -0.15) is 0 Å². The molecule has 20 heteroatoms. The molecule has 0 aromatic heterocycles. The summed E-state index contributed by atoms with van der Waals surface area (Å²) in [6.07, 6.45) is 3.80. The molecule has 2 aromatic carbocycles. The number of aliphatic hydroxyl groups excluding tert-OH is 8. The predicted molar refractivity (Wildman–Crippen MR) is 301 cm³/mol. The zero-order valence-corrected chi connectivity index (χ0v) is 46.7. The summed E-state index contributed by atoms with van der Waals surface area (Å²) >= 11 is 0. The van der Waals surface area contributed by atoms with Gasteiger partial charge in [0.1, 0.15) is 31.0 Å². The van der Waals surface area contributed by atoms with Gasteiger partial charge in [0.25, 0.3) is 0 Å². The number of benzene rings is 2. The first-order valence-electron chi connectivity index (χ1n) is 28.3. The molecule has 0 radical (unpaired) electrons. The second-order valence-corrected chi connectivity index (χ2v) is 22.2. The van der Waals surface area contributed by atoms with Crippen LogP contribution in [0.25, 0.3) is 11.1 Å². The minimum Gasteiger partial charge on any atom is -0.462 e. The molecule has 4 heterocycles. The van der Waals surface area contributed by atoms with Crippen molar-refractivity contribution in [1.82, 2.24) is 10.6 Å². The largest absolute Gasteiger partial charge is 0.462 e. The summed E-state index contributed by atoms with van der Waals surface area (Å²) in [4.78, 5) is 39.0. The summed E-state index contributed by atoms with van der Waals surface area (Å²) in [5.41, 5.74) is 4.08. The SMILES string of the molecule is CC1OC(=O)C[C@H](O)C[C@H](O)CC[C@@H](O)[C@H](O)C[C@H](O)C[C@]2(O)CC3OC(=O)N[C@H]3C(C[C@@H](O[C@@H]3O[C@H](C)[C@@H](O)[C@H](NC(=O)OCC4c5ccccc5-c5ccccc54)[C@@H]3O)/C=C/C=C/C=C/C=C/C=C/C=C/C=C/[C@H](C)[C@@H](O)[C@H]1C)O2. The number of carbonyl (C=O) groups excluding carboxylic acids is 3. The minimum absolute atomic E-state index is 0.0227. The molecule has 0 saturated carbocycles. The smallest absolute Gasteiger partial charge is 0.407 e.